The molecule has 1 aromatic carbocycles. The van der Waals surface area contributed by atoms with Crippen molar-refractivity contribution in [2.75, 3.05) is 0 Å². The molecule has 0 aromatic heterocycles. The second-order valence-corrected chi connectivity index (χ2v) is 5.09. The van der Waals surface area contributed by atoms with E-state index in [-0.39, 0.29) is 12.1 Å². The van der Waals surface area contributed by atoms with Crippen molar-refractivity contribution in [2.24, 2.45) is 0 Å². The van der Waals surface area contributed by atoms with Gasteiger partial charge in [-0.3, -0.25) is 0 Å². The third-order valence-corrected chi connectivity index (χ3v) is 3.83. The van der Waals surface area contributed by atoms with Crippen molar-refractivity contribution in [1.29, 1.82) is 0 Å². The topological polar surface area (TPSA) is 32.3 Å². The summed E-state index contributed by atoms with van der Waals surface area (Å²) < 4.78 is 0. The number of aliphatic hydroxyl groups is 1. The number of rotatable bonds is 6. The van der Waals surface area contributed by atoms with Crippen LogP contribution in [0.2, 0.25) is 0 Å². The maximum Gasteiger partial charge on any atom is 0.0775 e. The summed E-state index contributed by atoms with van der Waals surface area (Å²) in [4.78, 5) is 0. The van der Waals surface area contributed by atoms with Crippen LogP contribution in [-0.4, -0.2) is 17.3 Å². The van der Waals surface area contributed by atoms with Crippen LogP contribution in [0.5, 0.6) is 0 Å². The van der Waals surface area contributed by atoms with Crippen molar-refractivity contribution in [2.45, 2.75) is 50.8 Å². The maximum absolute atomic E-state index is 10.2. The first-order valence-electron chi connectivity index (χ1n) is 6.89. The molecular formula is C16H23NO. The van der Waals surface area contributed by atoms with Crippen molar-refractivity contribution >= 4 is 0 Å². The standard InChI is InChI=1S/C16H23NO/c1-3-5-9-13(4-2)17-16-14-10-7-6-8-12(14)11-15(16)18/h3,6-8,10,13,15-18H,1,4-5,9,11H2,2H3/t13?,15-,16+/m0/s1. The van der Waals surface area contributed by atoms with Crippen LogP contribution in [0.3, 0.4) is 0 Å². The zero-order chi connectivity index (χ0) is 13.0. The van der Waals surface area contributed by atoms with Gasteiger partial charge in [0.2, 0.25) is 0 Å². The van der Waals surface area contributed by atoms with Crippen molar-refractivity contribution in [3.8, 4) is 0 Å². The van der Waals surface area contributed by atoms with Gasteiger partial charge in [0.25, 0.3) is 0 Å². The average molecular weight is 245 g/mol. The number of allylic oxidation sites excluding steroid dienone is 1. The first kappa shape index (κ1) is 13.3. The van der Waals surface area contributed by atoms with Gasteiger partial charge in [0.05, 0.1) is 12.1 Å². The van der Waals surface area contributed by atoms with Crippen LogP contribution in [0.4, 0.5) is 0 Å². The van der Waals surface area contributed by atoms with Crippen molar-refractivity contribution < 1.29 is 5.11 Å². The Morgan fingerprint density at radius 1 is 1.50 bits per heavy atom. The number of hydrogen-bond donors (Lipinski definition) is 2. The van der Waals surface area contributed by atoms with E-state index in [1.807, 2.05) is 12.1 Å². The van der Waals surface area contributed by atoms with Crippen LogP contribution in [0, 0.1) is 0 Å². The molecule has 98 valence electrons. The SMILES string of the molecule is C=CCCC(CC)N[C@@H]1c2ccccc2C[C@@H]1O. The first-order valence-corrected chi connectivity index (χ1v) is 6.89. The molecule has 2 nitrogen and oxygen atoms in total. The second kappa shape index (κ2) is 6.17. The average Bonchev–Trinajstić information content (AvgIpc) is 2.70. The minimum atomic E-state index is -0.291. The summed E-state index contributed by atoms with van der Waals surface area (Å²) in [7, 11) is 0. The Bertz CT molecular complexity index is 402. The third kappa shape index (κ3) is 2.82. The summed E-state index contributed by atoms with van der Waals surface area (Å²) in [5.74, 6) is 0. The Hall–Kier alpha value is -1.12. The zero-order valence-corrected chi connectivity index (χ0v) is 11.1. The number of nitrogens with one attached hydrogen (secondary N) is 1. The van der Waals surface area contributed by atoms with E-state index >= 15 is 0 Å². The lowest BCUT2D eigenvalue weighted by atomic mass is 10.0. The molecule has 1 unspecified atom stereocenters. The summed E-state index contributed by atoms with van der Waals surface area (Å²) in [5.41, 5.74) is 2.54. The lowest BCUT2D eigenvalue weighted by Crippen LogP contribution is -2.36. The summed E-state index contributed by atoms with van der Waals surface area (Å²) in [6.07, 6.45) is 5.63. The molecule has 1 aliphatic rings. The van der Waals surface area contributed by atoms with Gasteiger partial charge in [-0.25, -0.2) is 0 Å². The fraction of sp³-hybridized carbons (Fsp3) is 0.500. The Morgan fingerprint density at radius 2 is 2.28 bits per heavy atom. The highest BCUT2D eigenvalue weighted by molar-refractivity contribution is 5.36. The summed E-state index contributed by atoms with van der Waals surface area (Å²) in [6, 6.07) is 8.89. The van der Waals surface area contributed by atoms with E-state index < -0.39 is 0 Å². The predicted molar refractivity (Wildman–Crippen MR) is 75.5 cm³/mol. The van der Waals surface area contributed by atoms with Gasteiger partial charge in [0, 0.05) is 12.5 Å². The minimum absolute atomic E-state index is 0.0935. The highest BCUT2D eigenvalue weighted by atomic mass is 16.3. The van der Waals surface area contributed by atoms with Gasteiger partial charge >= 0.3 is 0 Å². The van der Waals surface area contributed by atoms with Gasteiger partial charge in [-0.05, 0) is 30.4 Å². The predicted octanol–water partition coefficient (Wildman–Crippen LogP) is 2.98. The van der Waals surface area contributed by atoms with E-state index in [1.165, 1.54) is 11.1 Å². The molecule has 0 heterocycles. The quantitative estimate of drug-likeness (QED) is 0.755. The van der Waals surface area contributed by atoms with E-state index in [0.717, 1.165) is 25.7 Å². The van der Waals surface area contributed by atoms with Crippen LogP contribution in [0.25, 0.3) is 0 Å². The molecule has 2 N–H and O–H groups in total. The Balaban J connectivity index is 2.06. The molecule has 18 heavy (non-hydrogen) atoms. The molecule has 2 heteroatoms. The minimum Gasteiger partial charge on any atom is -0.391 e. The molecule has 0 fully saturated rings. The first-order chi connectivity index (χ1) is 8.76. The molecule has 2 rings (SSSR count). The third-order valence-electron chi connectivity index (χ3n) is 3.83. The van der Waals surface area contributed by atoms with E-state index in [0.29, 0.717) is 6.04 Å². The largest absolute Gasteiger partial charge is 0.391 e. The fourth-order valence-electron chi connectivity index (χ4n) is 2.75. The Morgan fingerprint density at radius 3 is 3.00 bits per heavy atom. The van der Waals surface area contributed by atoms with Gasteiger partial charge in [-0.15, -0.1) is 6.58 Å². The fourth-order valence-corrected chi connectivity index (χ4v) is 2.75. The monoisotopic (exact) mass is 245 g/mol. The number of fused-ring (bicyclic) bond motifs is 1. The molecule has 0 aliphatic heterocycles. The molecular weight excluding hydrogens is 222 g/mol. The van der Waals surface area contributed by atoms with Crippen LogP contribution in [0.15, 0.2) is 36.9 Å². The van der Waals surface area contributed by atoms with Crippen LogP contribution in [0.1, 0.15) is 43.4 Å². The molecule has 0 saturated carbocycles. The van der Waals surface area contributed by atoms with Gasteiger partial charge in [0.1, 0.15) is 0 Å². The van der Waals surface area contributed by atoms with E-state index in [4.69, 9.17) is 0 Å². The zero-order valence-electron chi connectivity index (χ0n) is 11.1. The Labute approximate surface area is 110 Å². The van der Waals surface area contributed by atoms with Crippen LogP contribution in [-0.2, 0) is 6.42 Å². The van der Waals surface area contributed by atoms with Gasteiger partial charge in [0.15, 0.2) is 0 Å². The molecule has 0 bridgehead atoms. The van der Waals surface area contributed by atoms with E-state index in [9.17, 15) is 5.11 Å². The van der Waals surface area contributed by atoms with Gasteiger partial charge in [-0.1, -0.05) is 37.3 Å². The molecule has 0 saturated heterocycles. The highest BCUT2D eigenvalue weighted by Gasteiger charge is 2.31. The number of hydrogen-bond acceptors (Lipinski definition) is 2. The molecule has 1 aliphatic carbocycles. The number of aliphatic hydroxyl groups excluding tert-OH is 1. The smallest absolute Gasteiger partial charge is 0.0775 e. The molecule has 0 radical (unpaired) electrons. The highest BCUT2D eigenvalue weighted by Crippen LogP contribution is 2.32. The van der Waals surface area contributed by atoms with E-state index in [2.05, 4.69) is 37.0 Å². The van der Waals surface area contributed by atoms with E-state index in [1.54, 1.807) is 0 Å². The van der Waals surface area contributed by atoms with Crippen molar-refractivity contribution in [3.05, 3.63) is 48.0 Å². The van der Waals surface area contributed by atoms with Gasteiger partial charge < -0.3 is 10.4 Å². The normalized spacial score (nSPS) is 23.7. The lowest BCUT2D eigenvalue weighted by molar-refractivity contribution is 0.133. The summed E-state index contributed by atoms with van der Waals surface area (Å²) in [6.45, 7) is 5.96. The van der Waals surface area contributed by atoms with Gasteiger partial charge in [-0.2, -0.15) is 0 Å². The second-order valence-electron chi connectivity index (χ2n) is 5.09. The van der Waals surface area contributed by atoms with Crippen LogP contribution < -0.4 is 5.32 Å². The van der Waals surface area contributed by atoms with Crippen molar-refractivity contribution in [1.82, 2.24) is 5.32 Å². The summed E-state index contributed by atoms with van der Waals surface area (Å²) in [5, 5.41) is 13.8. The van der Waals surface area contributed by atoms with Crippen molar-refractivity contribution in [3.63, 3.8) is 0 Å². The maximum atomic E-state index is 10.2. The Kier molecular flexibility index (Phi) is 4.56. The molecule has 3 atom stereocenters. The summed E-state index contributed by atoms with van der Waals surface area (Å²) >= 11 is 0. The van der Waals surface area contributed by atoms with Crippen LogP contribution >= 0.6 is 0 Å². The lowest BCUT2D eigenvalue weighted by Gasteiger charge is -2.24. The molecule has 0 amide bonds. The molecule has 1 aromatic rings. The molecule has 0 spiro atoms. The number of benzene rings is 1.